The van der Waals surface area contributed by atoms with Gasteiger partial charge in [0.1, 0.15) is 0 Å². The summed E-state index contributed by atoms with van der Waals surface area (Å²) < 4.78 is 210. The molecular formula is C14H10F16N2O. The lowest BCUT2D eigenvalue weighted by atomic mass is 9.92. The fraction of sp³-hybridized carbons (Fsp3) is 0.857. The first-order valence-electron chi connectivity index (χ1n) is 8.28. The summed E-state index contributed by atoms with van der Waals surface area (Å²) in [6.07, 6.45) is -14.3. The van der Waals surface area contributed by atoms with E-state index in [2.05, 4.69) is 0 Å². The van der Waals surface area contributed by atoms with Crippen LogP contribution in [0, 0.1) is 0 Å². The Morgan fingerprint density at radius 3 is 1.33 bits per heavy atom. The predicted molar refractivity (Wildman–Crippen MR) is 74.7 cm³/mol. The van der Waals surface area contributed by atoms with Crippen molar-refractivity contribution in [3.8, 4) is 0 Å². The average Bonchev–Trinajstić information content (AvgIpc) is 2.64. The summed E-state index contributed by atoms with van der Waals surface area (Å²) in [7, 11) is 0. The third kappa shape index (κ3) is 4.67. The molecule has 0 bridgehead atoms. The molecule has 1 aliphatic heterocycles. The van der Waals surface area contributed by atoms with Crippen molar-refractivity contribution >= 4 is 11.7 Å². The molecule has 0 atom stereocenters. The molecule has 3 nitrogen and oxygen atoms in total. The van der Waals surface area contributed by atoms with Gasteiger partial charge in [-0.25, -0.2) is 0 Å². The smallest absolute Gasteiger partial charge is 0.355 e. The van der Waals surface area contributed by atoms with Gasteiger partial charge in [0.25, 0.3) is 0 Å². The summed E-state index contributed by atoms with van der Waals surface area (Å²) in [4.78, 5) is 12.2. The van der Waals surface area contributed by atoms with Gasteiger partial charge in [-0.15, -0.1) is 0 Å². The van der Waals surface area contributed by atoms with E-state index in [4.69, 9.17) is 0 Å². The minimum absolute atomic E-state index is 0.116. The molecule has 0 saturated carbocycles. The number of carbonyl (C=O) groups excluding carboxylic acids is 1. The fourth-order valence-corrected chi connectivity index (χ4v) is 2.51. The van der Waals surface area contributed by atoms with Crippen molar-refractivity contribution in [1.29, 1.82) is 0 Å². The quantitative estimate of drug-likeness (QED) is 0.262. The summed E-state index contributed by atoms with van der Waals surface area (Å²) in [5, 5.41) is 0. The summed E-state index contributed by atoms with van der Waals surface area (Å²) in [6, 6.07) is 0. The molecule has 1 rings (SSSR count). The van der Waals surface area contributed by atoms with Crippen LogP contribution in [0.2, 0.25) is 0 Å². The molecule has 0 aromatic rings. The number of amides is 1. The number of halogens is 16. The topological polar surface area (TPSA) is 32.7 Å². The monoisotopic (exact) mass is 526 g/mol. The Kier molecular flexibility index (Phi) is 7.35. The van der Waals surface area contributed by atoms with Crippen LogP contribution in [0.5, 0.6) is 0 Å². The summed E-state index contributed by atoms with van der Waals surface area (Å²) >= 11 is 0. The molecule has 19 heteroatoms. The highest BCUT2D eigenvalue weighted by atomic mass is 19.4. The highest BCUT2D eigenvalue weighted by Gasteiger charge is 2.91. The Balaban J connectivity index is 3.73. The van der Waals surface area contributed by atoms with Gasteiger partial charge in [0.05, 0.1) is 0 Å². The third-order valence-electron chi connectivity index (χ3n) is 4.32. The lowest BCUT2D eigenvalue weighted by molar-refractivity contribution is -0.435. The summed E-state index contributed by atoms with van der Waals surface area (Å²) in [5.41, 5.74) is 0. The molecule has 0 aromatic heterocycles. The van der Waals surface area contributed by atoms with E-state index in [-0.39, 0.29) is 24.2 Å². The number of carbonyl (C=O) groups is 1. The van der Waals surface area contributed by atoms with Crippen molar-refractivity contribution in [3.63, 3.8) is 0 Å². The number of likely N-dealkylation sites (tertiary alicyclic amines) is 1. The zero-order valence-electron chi connectivity index (χ0n) is 15.4. The molecule has 0 unspecified atom stereocenters. The minimum Gasteiger partial charge on any atom is -0.355 e. The first-order chi connectivity index (χ1) is 14.4. The van der Waals surface area contributed by atoms with E-state index in [1.807, 2.05) is 0 Å². The maximum absolute atomic E-state index is 14.3. The van der Waals surface area contributed by atoms with E-state index in [1.165, 1.54) is 0 Å². The number of aliphatic imine (C=N–C) groups is 1. The molecule has 1 amide bonds. The second kappa shape index (κ2) is 8.35. The first-order valence-corrected chi connectivity index (χ1v) is 8.28. The molecule has 0 aromatic carbocycles. The predicted octanol–water partition coefficient (Wildman–Crippen LogP) is 5.70. The van der Waals surface area contributed by atoms with Crippen LogP contribution in [0.1, 0.15) is 19.3 Å². The van der Waals surface area contributed by atoms with Crippen molar-refractivity contribution in [2.24, 2.45) is 4.99 Å². The minimum atomic E-state index is -8.23. The highest BCUT2D eigenvalue weighted by molar-refractivity contribution is 6.00. The molecule has 0 aliphatic carbocycles. The average molecular weight is 526 g/mol. The van der Waals surface area contributed by atoms with Gasteiger partial charge in [0.15, 0.2) is 5.84 Å². The summed E-state index contributed by atoms with van der Waals surface area (Å²) in [5.74, 6) is -46.1. The van der Waals surface area contributed by atoms with Crippen molar-refractivity contribution in [2.75, 3.05) is 13.1 Å². The molecule has 33 heavy (non-hydrogen) atoms. The standard InChI is InChI=1S/C14H10F16N2O/c15-8(16,6(31-7(33)9(17,18)19)32-4-2-1-3-5-32)10(20,21)11(22,23)12(24,25)13(26,27)14(28,29)30/h1-5H2. The maximum atomic E-state index is 14.3. The van der Waals surface area contributed by atoms with Crippen molar-refractivity contribution in [2.45, 2.75) is 61.2 Å². The van der Waals surface area contributed by atoms with Gasteiger partial charge in [-0.2, -0.15) is 75.2 Å². The molecular weight excluding hydrogens is 516 g/mol. The second-order valence-electron chi connectivity index (χ2n) is 6.66. The van der Waals surface area contributed by atoms with Crippen molar-refractivity contribution in [3.05, 3.63) is 0 Å². The van der Waals surface area contributed by atoms with Gasteiger partial charge in [-0.3, -0.25) is 4.79 Å². The Hall–Kier alpha value is -1.98. The second-order valence-corrected chi connectivity index (χ2v) is 6.66. The number of nitrogens with zero attached hydrogens (tertiary/aromatic N) is 2. The van der Waals surface area contributed by atoms with E-state index in [1.54, 1.807) is 4.99 Å². The van der Waals surface area contributed by atoms with Gasteiger partial charge in [-0.1, -0.05) is 0 Å². The van der Waals surface area contributed by atoms with Crippen LogP contribution in [0.15, 0.2) is 4.99 Å². The first kappa shape index (κ1) is 29.1. The third-order valence-corrected chi connectivity index (χ3v) is 4.32. The van der Waals surface area contributed by atoms with Crippen LogP contribution < -0.4 is 0 Å². The molecule has 0 spiro atoms. The van der Waals surface area contributed by atoms with Crippen molar-refractivity contribution in [1.82, 2.24) is 4.90 Å². The van der Waals surface area contributed by atoms with Crippen LogP contribution in [-0.4, -0.2) is 71.7 Å². The molecule has 1 heterocycles. The van der Waals surface area contributed by atoms with E-state index < -0.39 is 66.8 Å². The molecule has 0 radical (unpaired) electrons. The zero-order valence-corrected chi connectivity index (χ0v) is 15.4. The number of piperidine rings is 1. The van der Waals surface area contributed by atoms with E-state index in [0.717, 1.165) is 0 Å². The number of hydrogen-bond donors (Lipinski definition) is 0. The van der Waals surface area contributed by atoms with Gasteiger partial charge in [0, 0.05) is 13.1 Å². The molecule has 1 saturated heterocycles. The Labute approximate surface area is 172 Å². The van der Waals surface area contributed by atoms with Crippen LogP contribution in [0.25, 0.3) is 0 Å². The largest absolute Gasteiger partial charge is 0.473 e. The van der Waals surface area contributed by atoms with Crippen LogP contribution in [0.3, 0.4) is 0 Å². The highest BCUT2D eigenvalue weighted by Crippen LogP contribution is 2.60. The molecule has 1 aliphatic rings. The van der Waals surface area contributed by atoms with E-state index in [0.29, 0.717) is 0 Å². The van der Waals surface area contributed by atoms with Gasteiger partial charge in [0.2, 0.25) is 0 Å². The van der Waals surface area contributed by atoms with Crippen LogP contribution in [0.4, 0.5) is 70.2 Å². The Morgan fingerprint density at radius 1 is 0.576 bits per heavy atom. The fourth-order valence-electron chi connectivity index (χ4n) is 2.51. The zero-order chi connectivity index (χ0) is 26.5. The number of amidine groups is 1. The van der Waals surface area contributed by atoms with Gasteiger partial charge < -0.3 is 4.90 Å². The lowest BCUT2D eigenvalue weighted by Gasteiger charge is -2.42. The molecule has 1 fully saturated rings. The van der Waals surface area contributed by atoms with E-state index >= 15 is 0 Å². The Bertz CT molecular complexity index is 760. The van der Waals surface area contributed by atoms with Crippen LogP contribution >= 0.6 is 0 Å². The lowest BCUT2D eigenvalue weighted by Crippen LogP contribution is -2.72. The number of hydrogen-bond acceptors (Lipinski definition) is 1. The van der Waals surface area contributed by atoms with E-state index in [9.17, 15) is 75.0 Å². The maximum Gasteiger partial charge on any atom is 0.473 e. The Morgan fingerprint density at radius 2 is 0.970 bits per heavy atom. The van der Waals surface area contributed by atoms with Crippen LogP contribution in [-0.2, 0) is 4.79 Å². The normalized spacial score (nSPS) is 18.5. The summed E-state index contributed by atoms with van der Waals surface area (Å²) in [6.45, 7) is -1.90. The van der Waals surface area contributed by atoms with Gasteiger partial charge in [-0.05, 0) is 19.3 Å². The SMILES string of the molecule is O=C(N=C(N1CCCCC1)C(F)(F)C(F)(F)C(F)(F)C(F)(F)C(F)(F)C(F)(F)F)C(F)(F)F. The molecule has 0 N–H and O–H groups in total. The van der Waals surface area contributed by atoms with Gasteiger partial charge >= 0.3 is 47.9 Å². The molecule has 194 valence electrons. The van der Waals surface area contributed by atoms with Crippen molar-refractivity contribution < 1.29 is 75.0 Å². The number of alkyl halides is 16. The number of rotatable bonds is 5.